The molecular weight excluding hydrogens is 555 g/mol. The van der Waals surface area contributed by atoms with Crippen LogP contribution in [0.5, 0.6) is 5.75 Å². The van der Waals surface area contributed by atoms with E-state index in [0.29, 0.717) is 19.3 Å². The number of para-hydroxylation sites is 1. The van der Waals surface area contributed by atoms with E-state index in [4.69, 9.17) is 9.47 Å². The minimum absolute atomic E-state index is 0. The third-order valence-electron chi connectivity index (χ3n) is 5.71. The maximum atomic E-state index is 6.43. The van der Waals surface area contributed by atoms with Crippen LogP contribution in [0.2, 0.25) is 0 Å². The molecule has 2 aliphatic rings. The Morgan fingerprint density at radius 1 is 1.07 bits per heavy atom. The van der Waals surface area contributed by atoms with Crippen LogP contribution in [0.4, 0.5) is 0 Å². The van der Waals surface area contributed by atoms with Crippen molar-refractivity contribution in [3.63, 3.8) is 0 Å². The Hall–Kier alpha value is -0.340. The predicted octanol–water partition coefficient (Wildman–Crippen LogP) is 5.76. The lowest BCUT2D eigenvalue weighted by atomic mass is 9.93. The molecule has 1 saturated heterocycles. The Kier molecular flexibility index (Phi) is 10.4. The molecule has 4 rings (SSSR count). The number of benzene rings is 2. The van der Waals surface area contributed by atoms with Gasteiger partial charge in [0.25, 0.3) is 0 Å². The fourth-order valence-electron chi connectivity index (χ4n) is 4.25. The van der Waals surface area contributed by atoms with Crippen molar-refractivity contribution in [3.05, 3.63) is 62.5 Å². The average molecular weight is 583 g/mol. The van der Waals surface area contributed by atoms with Crippen LogP contribution < -0.4 is 10.1 Å². The molecule has 2 unspecified atom stereocenters. The molecule has 1 N–H and O–H groups in total. The smallest absolute Gasteiger partial charge is 0.124 e. The predicted molar refractivity (Wildman–Crippen MR) is 133 cm³/mol. The lowest BCUT2D eigenvalue weighted by Gasteiger charge is -2.43. The van der Waals surface area contributed by atoms with Crippen molar-refractivity contribution >= 4 is 56.7 Å². The summed E-state index contributed by atoms with van der Waals surface area (Å²) in [6, 6.07) is 15.5. The number of halogens is 4. The van der Waals surface area contributed by atoms with E-state index in [-0.39, 0.29) is 37.0 Å². The van der Waals surface area contributed by atoms with Crippen LogP contribution in [0.15, 0.2) is 51.4 Å². The van der Waals surface area contributed by atoms with Crippen molar-refractivity contribution in [3.8, 4) is 5.75 Å². The maximum absolute atomic E-state index is 6.43. The van der Waals surface area contributed by atoms with Crippen molar-refractivity contribution in [1.82, 2.24) is 10.2 Å². The summed E-state index contributed by atoms with van der Waals surface area (Å²) in [4.78, 5) is 2.58. The molecule has 30 heavy (non-hydrogen) atoms. The number of ether oxygens (including phenoxy) is 2. The second kappa shape index (κ2) is 12.0. The zero-order valence-electron chi connectivity index (χ0n) is 16.9. The Morgan fingerprint density at radius 3 is 2.40 bits per heavy atom. The van der Waals surface area contributed by atoms with Crippen LogP contribution in [0.1, 0.15) is 30.0 Å². The molecule has 0 aromatic heterocycles. The molecule has 2 atom stereocenters. The first-order valence-electron chi connectivity index (χ1n) is 9.83. The molecule has 8 heteroatoms. The first-order valence-corrected chi connectivity index (χ1v) is 11.4. The first kappa shape index (κ1) is 25.9. The van der Waals surface area contributed by atoms with Gasteiger partial charge in [-0.15, -0.1) is 24.8 Å². The van der Waals surface area contributed by atoms with Gasteiger partial charge in [-0.2, -0.15) is 0 Å². The number of rotatable bonds is 5. The summed E-state index contributed by atoms with van der Waals surface area (Å²) in [5.74, 6) is 0.994. The highest BCUT2D eigenvalue weighted by Crippen LogP contribution is 2.39. The maximum Gasteiger partial charge on any atom is 0.124 e. The number of likely N-dealkylation sites (tertiary alicyclic amines) is 1. The van der Waals surface area contributed by atoms with E-state index in [1.165, 1.54) is 18.4 Å². The minimum atomic E-state index is 0. The largest absolute Gasteiger partial charge is 0.490 e. The van der Waals surface area contributed by atoms with Gasteiger partial charge in [0.05, 0.1) is 12.6 Å². The van der Waals surface area contributed by atoms with Crippen LogP contribution in [0.25, 0.3) is 0 Å². The summed E-state index contributed by atoms with van der Waals surface area (Å²) >= 11 is 7.13. The van der Waals surface area contributed by atoms with Gasteiger partial charge in [-0.25, -0.2) is 0 Å². The SMILES string of the molecule is CNC1CCN(C2c3ccccc3OCC2OCc2cc(Br)cc(Br)c2)CC1.Cl.Cl. The Morgan fingerprint density at radius 2 is 1.73 bits per heavy atom. The van der Waals surface area contributed by atoms with Gasteiger partial charge < -0.3 is 14.8 Å². The highest BCUT2D eigenvalue weighted by atomic mass is 79.9. The Balaban J connectivity index is 0.00000160. The number of nitrogens with one attached hydrogen (secondary N) is 1. The van der Waals surface area contributed by atoms with Crippen LogP contribution in [0, 0.1) is 0 Å². The van der Waals surface area contributed by atoms with E-state index in [9.17, 15) is 0 Å². The number of hydrogen-bond donors (Lipinski definition) is 1. The molecule has 1 fully saturated rings. The first-order chi connectivity index (χ1) is 13.6. The fraction of sp³-hybridized carbons (Fsp3) is 0.455. The number of nitrogens with zero attached hydrogens (tertiary/aromatic N) is 1. The van der Waals surface area contributed by atoms with E-state index in [1.54, 1.807) is 0 Å². The van der Waals surface area contributed by atoms with Crippen molar-refractivity contribution in [1.29, 1.82) is 0 Å². The molecule has 2 aromatic rings. The average Bonchev–Trinajstić information content (AvgIpc) is 2.71. The molecule has 2 heterocycles. The molecule has 2 aromatic carbocycles. The van der Waals surface area contributed by atoms with Gasteiger partial charge in [-0.05, 0) is 49.7 Å². The van der Waals surface area contributed by atoms with E-state index < -0.39 is 0 Å². The Labute approximate surface area is 208 Å². The van der Waals surface area contributed by atoms with Crippen LogP contribution >= 0.6 is 56.7 Å². The van der Waals surface area contributed by atoms with E-state index >= 15 is 0 Å². The van der Waals surface area contributed by atoms with Crippen LogP contribution in [-0.4, -0.2) is 43.8 Å². The molecule has 0 bridgehead atoms. The summed E-state index contributed by atoms with van der Waals surface area (Å²) in [7, 11) is 2.06. The molecule has 2 aliphatic heterocycles. The van der Waals surface area contributed by atoms with E-state index in [0.717, 1.165) is 33.3 Å². The highest BCUT2D eigenvalue weighted by molar-refractivity contribution is 9.11. The van der Waals surface area contributed by atoms with Crippen molar-refractivity contribution in [2.75, 3.05) is 26.7 Å². The van der Waals surface area contributed by atoms with Gasteiger partial charge in [0.1, 0.15) is 18.5 Å². The van der Waals surface area contributed by atoms with Crippen molar-refractivity contribution in [2.24, 2.45) is 0 Å². The molecule has 0 spiro atoms. The van der Waals surface area contributed by atoms with Crippen molar-refractivity contribution in [2.45, 2.75) is 37.6 Å². The van der Waals surface area contributed by atoms with Crippen LogP contribution in [0.3, 0.4) is 0 Å². The number of hydrogen-bond acceptors (Lipinski definition) is 4. The summed E-state index contributed by atoms with van der Waals surface area (Å²) in [5, 5.41) is 3.42. The van der Waals surface area contributed by atoms with E-state index in [2.05, 4.69) is 79.5 Å². The molecule has 0 amide bonds. The zero-order valence-corrected chi connectivity index (χ0v) is 21.7. The molecule has 166 valence electrons. The van der Waals surface area contributed by atoms with E-state index in [1.807, 2.05) is 12.1 Å². The fourth-order valence-corrected chi connectivity index (χ4v) is 5.64. The van der Waals surface area contributed by atoms with Gasteiger partial charge >= 0.3 is 0 Å². The Bertz CT molecular complexity index is 799. The van der Waals surface area contributed by atoms with Gasteiger partial charge in [0, 0.05) is 33.6 Å². The summed E-state index contributed by atoms with van der Waals surface area (Å²) in [6.45, 7) is 3.31. The van der Waals surface area contributed by atoms with Crippen molar-refractivity contribution < 1.29 is 9.47 Å². The number of fused-ring (bicyclic) bond motifs is 1. The topological polar surface area (TPSA) is 33.7 Å². The third kappa shape index (κ3) is 6.12. The summed E-state index contributed by atoms with van der Waals surface area (Å²) < 4.78 is 14.6. The third-order valence-corrected chi connectivity index (χ3v) is 6.63. The van der Waals surface area contributed by atoms with Gasteiger partial charge in [-0.1, -0.05) is 50.1 Å². The van der Waals surface area contributed by atoms with Gasteiger partial charge in [0.2, 0.25) is 0 Å². The normalized spacial score (nSPS) is 21.7. The van der Waals surface area contributed by atoms with Gasteiger partial charge in [-0.3, -0.25) is 4.90 Å². The highest BCUT2D eigenvalue weighted by Gasteiger charge is 2.37. The molecule has 0 saturated carbocycles. The zero-order chi connectivity index (χ0) is 19.5. The molecule has 0 radical (unpaired) electrons. The molecule has 4 nitrogen and oxygen atoms in total. The second-order valence-electron chi connectivity index (χ2n) is 7.52. The van der Waals surface area contributed by atoms with Crippen LogP contribution in [-0.2, 0) is 11.3 Å². The molecular formula is C22H28Br2Cl2N2O2. The lowest BCUT2D eigenvalue weighted by Crippen LogP contribution is -2.49. The lowest BCUT2D eigenvalue weighted by molar-refractivity contribution is -0.0645. The second-order valence-corrected chi connectivity index (χ2v) is 9.35. The standard InChI is InChI=1S/C22H26Br2N2O2.2ClH/c1-25-18-6-8-26(9-7-18)22-19-4-2-3-5-20(19)28-14-21(22)27-13-15-10-16(23)12-17(24)11-15;;/h2-5,10-12,18,21-22,25H,6-9,13-14H2,1H3;2*1H. The minimum Gasteiger partial charge on any atom is -0.490 e. The number of piperidine rings is 1. The molecule has 0 aliphatic carbocycles. The van der Waals surface area contributed by atoms with Gasteiger partial charge in [0.15, 0.2) is 0 Å². The monoisotopic (exact) mass is 580 g/mol. The summed E-state index contributed by atoms with van der Waals surface area (Å²) in [6.07, 6.45) is 2.35. The summed E-state index contributed by atoms with van der Waals surface area (Å²) in [5.41, 5.74) is 2.39. The quantitative estimate of drug-likeness (QED) is 0.486.